The quantitative estimate of drug-likeness (QED) is 0.794. The third-order valence-electron chi connectivity index (χ3n) is 5.94. The van der Waals surface area contributed by atoms with E-state index in [0.717, 1.165) is 43.4 Å². The lowest BCUT2D eigenvalue weighted by Crippen LogP contribution is -2.70. The highest BCUT2D eigenvalue weighted by atomic mass is 32.2. The number of nitrogens with one attached hydrogen (secondary N) is 1. The fourth-order valence-corrected chi connectivity index (χ4v) is 4.50. The monoisotopic (exact) mass is 360 g/mol. The summed E-state index contributed by atoms with van der Waals surface area (Å²) >= 11 is 1.71. The van der Waals surface area contributed by atoms with Crippen molar-refractivity contribution in [3.63, 3.8) is 0 Å². The van der Waals surface area contributed by atoms with Crippen LogP contribution in [0.25, 0.3) is 0 Å². The third-order valence-corrected chi connectivity index (χ3v) is 6.55. The van der Waals surface area contributed by atoms with Gasteiger partial charge in [0.05, 0.1) is 5.41 Å². The van der Waals surface area contributed by atoms with E-state index in [9.17, 15) is 9.59 Å². The van der Waals surface area contributed by atoms with E-state index in [1.165, 1.54) is 0 Å². The van der Waals surface area contributed by atoms with Crippen molar-refractivity contribution in [2.45, 2.75) is 50.0 Å². The van der Waals surface area contributed by atoms with Crippen LogP contribution >= 0.6 is 11.8 Å². The molecule has 0 bridgehead atoms. The van der Waals surface area contributed by atoms with E-state index < -0.39 is 11.0 Å². The molecule has 3 rings (SSSR count). The van der Waals surface area contributed by atoms with Gasteiger partial charge >= 0.3 is 0 Å². The number of benzene rings is 1. The molecular weight excluding hydrogens is 332 g/mol. The SMILES string of the molecule is CSCCNC(=O)C1(C)CCN1C(=O)C1(c2ccccc2)CCCC1. The van der Waals surface area contributed by atoms with Gasteiger partial charge < -0.3 is 10.2 Å². The molecule has 25 heavy (non-hydrogen) atoms. The van der Waals surface area contributed by atoms with Crippen molar-refractivity contribution < 1.29 is 9.59 Å². The van der Waals surface area contributed by atoms with Crippen molar-refractivity contribution in [1.29, 1.82) is 0 Å². The Labute approximate surface area is 154 Å². The van der Waals surface area contributed by atoms with E-state index in [2.05, 4.69) is 17.4 Å². The highest BCUT2D eigenvalue weighted by molar-refractivity contribution is 7.98. The highest BCUT2D eigenvalue weighted by Crippen LogP contribution is 2.45. The molecule has 0 aromatic heterocycles. The van der Waals surface area contributed by atoms with Gasteiger partial charge in [-0.1, -0.05) is 43.2 Å². The van der Waals surface area contributed by atoms with E-state index in [-0.39, 0.29) is 11.8 Å². The van der Waals surface area contributed by atoms with E-state index >= 15 is 0 Å². The molecule has 136 valence electrons. The molecule has 1 atom stereocenters. The van der Waals surface area contributed by atoms with Crippen molar-refractivity contribution in [3.05, 3.63) is 35.9 Å². The zero-order chi connectivity index (χ0) is 17.9. The predicted molar refractivity (Wildman–Crippen MR) is 103 cm³/mol. The van der Waals surface area contributed by atoms with Gasteiger partial charge in [-0.05, 0) is 38.0 Å². The lowest BCUT2D eigenvalue weighted by atomic mass is 9.74. The maximum Gasteiger partial charge on any atom is 0.245 e. The maximum atomic E-state index is 13.5. The summed E-state index contributed by atoms with van der Waals surface area (Å²) < 4.78 is 0. The summed E-state index contributed by atoms with van der Waals surface area (Å²) in [6.07, 6.45) is 6.69. The first-order valence-electron chi connectivity index (χ1n) is 9.19. The van der Waals surface area contributed by atoms with Crippen molar-refractivity contribution >= 4 is 23.6 Å². The van der Waals surface area contributed by atoms with Crippen LogP contribution < -0.4 is 5.32 Å². The van der Waals surface area contributed by atoms with Crippen LogP contribution in [0.4, 0.5) is 0 Å². The smallest absolute Gasteiger partial charge is 0.245 e. The lowest BCUT2D eigenvalue weighted by Gasteiger charge is -2.52. The van der Waals surface area contributed by atoms with Gasteiger partial charge in [-0.2, -0.15) is 11.8 Å². The molecule has 1 heterocycles. The minimum absolute atomic E-state index is 0.0117. The van der Waals surface area contributed by atoms with Gasteiger partial charge in [-0.15, -0.1) is 0 Å². The standard InChI is InChI=1S/C20H28N2O2S/c1-19(17(23)21-13-15-25-2)12-14-22(19)18(24)20(10-6-7-11-20)16-8-4-3-5-9-16/h3-5,8-9H,6-7,10-15H2,1-2H3,(H,21,23). The molecule has 1 saturated carbocycles. The summed E-state index contributed by atoms with van der Waals surface area (Å²) in [5.41, 5.74) is -0.0305. The number of thioether (sulfide) groups is 1. The van der Waals surface area contributed by atoms with Gasteiger partial charge in [0.25, 0.3) is 0 Å². The second-order valence-corrected chi connectivity index (χ2v) is 8.37. The molecule has 1 aliphatic carbocycles. The van der Waals surface area contributed by atoms with Gasteiger partial charge in [0.1, 0.15) is 5.54 Å². The van der Waals surface area contributed by atoms with Crippen molar-refractivity contribution in [1.82, 2.24) is 10.2 Å². The Morgan fingerprint density at radius 3 is 2.40 bits per heavy atom. The normalized spacial score (nSPS) is 24.6. The minimum atomic E-state index is -0.695. The summed E-state index contributed by atoms with van der Waals surface area (Å²) in [7, 11) is 0. The molecule has 1 saturated heterocycles. The number of carbonyl (C=O) groups is 2. The second kappa shape index (κ2) is 7.40. The van der Waals surface area contributed by atoms with Gasteiger partial charge in [0.2, 0.25) is 11.8 Å². The van der Waals surface area contributed by atoms with Crippen LogP contribution in [0.1, 0.15) is 44.6 Å². The summed E-state index contributed by atoms with van der Waals surface area (Å²) in [4.78, 5) is 28.1. The van der Waals surface area contributed by atoms with Crippen LogP contribution in [0.2, 0.25) is 0 Å². The van der Waals surface area contributed by atoms with Crippen molar-refractivity contribution in [2.75, 3.05) is 25.1 Å². The fraction of sp³-hybridized carbons (Fsp3) is 0.600. The van der Waals surface area contributed by atoms with Gasteiger partial charge in [-0.3, -0.25) is 9.59 Å². The summed E-state index contributed by atoms with van der Waals surface area (Å²) in [6.45, 7) is 3.25. The largest absolute Gasteiger partial charge is 0.353 e. The first-order chi connectivity index (χ1) is 12.0. The van der Waals surface area contributed by atoms with E-state index in [1.54, 1.807) is 11.8 Å². The molecule has 2 fully saturated rings. The van der Waals surface area contributed by atoms with Crippen LogP contribution in [0.3, 0.4) is 0 Å². The molecule has 4 nitrogen and oxygen atoms in total. The number of carbonyl (C=O) groups excluding carboxylic acids is 2. The zero-order valence-electron chi connectivity index (χ0n) is 15.2. The Balaban J connectivity index is 1.80. The first kappa shape index (κ1) is 18.3. The average molecular weight is 361 g/mol. The Morgan fingerprint density at radius 1 is 1.16 bits per heavy atom. The third kappa shape index (κ3) is 3.19. The lowest BCUT2D eigenvalue weighted by molar-refractivity contribution is -0.161. The summed E-state index contributed by atoms with van der Waals surface area (Å²) in [5.74, 6) is 1.02. The van der Waals surface area contributed by atoms with Gasteiger partial charge in [0, 0.05) is 18.8 Å². The predicted octanol–water partition coefficient (Wildman–Crippen LogP) is 2.97. The van der Waals surface area contributed by atoms with Gasteiger partial charge in [0.15, 0.2) is 0 Å². The van der Waals surface area contributed by atoms with Crippen LogP contribution in [-0.4, -0.2) is 47.4 Å². The Bertz CT molecular complexity index is 628. The van der Waals surface area contributed by atoms with E-state index in [0.29, 0.717) is 13.1 Å². The fourth-order valence-electron chi connectivity index (χ4n) is 4.20. The molecule has 5 heteroatoms. The average Bonchev–Trinajstić information content (AvgIpc) is 3.12. The first-order valence-corrected chi connectivity index (χ1v) is 10.6. The van der Waals surface area contributed by atoms with E-state index in [1.807, 2.05) is 36.3 Å². The van der Waals surface area contributed by atoms with Crippen molar-refractivity contribution in [3.8, 4) is 0 Å². The number of amides is 2. The number of hydrogen-bond acceptors (Lipinski definition) is 3. The molecule has 2 aliphatic rings. The Hall–Kier alpha value is -1.49. The van der Waals surface area contributed by atoms with Crippen LogP contribution in [0.15, 0.2) is 30.3 Å². The zero-order valence-corrected chi connectivity index (χ0v) is 16.0. The summed E-state index contributed by atoms with van der Waals surface area (Å²) in [6, 6.07) is 10.1. The molecule has 0 spiro atoms. The number of nitrogens with zero attached hydrogens (tertiary/aromatic N) is 1. The molecule has 2 amide bonds. The molecule has 1 aliphatic heterocycles. The highest BCUT2D eigenvalue weighted by Gasteiger charge is 2.55. The van der Waals surface area contributed by atoms with Crippen LogP contribution in [0.5, 0.6) is 0 Å². The van der Waals surface area contributed by atoms with Crippen LogP contribution in [-0.2, 0) is 15.0 Å². The van der Waals surface area contributed by atoms with Crippen LogP contribution in [0, 0.1) is 0 Å². The Morgan fingerprint density at radius 2 is 1.84 bits per heavy atom. The number of likely N-dealkylation sites (tertiary alicyclic amines) is 1. The van der Waals surface area contributed by atoms with Gasteiger partial charge in [-0.25, -0.2) is 0 Å². The topological polar surface area (TPSA) is 49.4 Å². The second-order valence-electron chi connectivity index (χ2n) is 7.38. The number of hydrogen-bond donors (Lipinski definition) is 1. The Kier molecular flexibility index (Phi) is 5.42. The molecule has 1 unspecified atom stereocenters. The summed E-state index contributed by atoms with van der Waals surface area (Å²) in [5, 5.41) is 3.00. The maximum absolute atomic E-state index is 13.5. The molecule has 0 radical (unpaired) electrons. The molecule has 1 aromatic rings. The molecule has 1 N–H and O–H groups in total. The van der Waals surface area contributed by atoms with Crippen molar-refractivity contribution in [2.24, 2.45) is 0 Å². The molecule has 1 aromatic carbocycles. The number of rotatable bonds is 6. The minimum Gasteiger partial charge on any atom is -0.353 e. The molecular formula is C20H28N2O2S. The van der Waals surface area contributed by atoms with E-state index in [4.69, 9.17) is 0 Å².